The van der Waals surface area contributed by atoms with Gasteiger partial charge in [0.05, 0.1) is 6.54 Å². The van der Waals surface area contributed by atoms with Crippen LogP contribution in [0, 0.1) is 18.8 Å². The zero-order valence-electron chi connectivity index (χ0n) is 11.5. The minimum absolute atomic E-state index is 0.169. The molecule has 0 spiro atoms. The topological polar surface area (TPSA) is 67.2 Å². The Morgan fingerprint density at radius 3 is 2.84 bits per heavy atom. The predicted molar refractivity (Wildman–Crippen MR) is 79.0 cm³/mol. The molecule has 0 bridgehead atoms. The minimum Gasteiger partial charge on any atom is -0.338 e. The normalized spacial score (nSPS) is 9.42. The van der Waals surface area contributed by atoms with Crippen molar-refractivity contribution in [3.05, 3.63) is 29.3 Å². The summed E-state index contributed by atoms with van der Waals surface area (Å²) in [4.78, 5) is 11.6. The van der Waals surface area contributed by atoms with Gasteiger partial charge >= 0.3 is 6.03 Å². The van der Waals surface area contributed by atoms with Crippen molar-refractivity contribution in [1.82, 2.24) is 5.32 Å². The number of unbranched alkanes of at least 4 members (excludes halogenated alkanes) is 1. The number of carbonyl (C=O) groups excluding carboxylic acids is 1. The Morgan fingerprint density at radius 1 is 1.42 bits per heavy atom. The number of aryl methyl sites for hydroxylation is 1. The van der Waals surface area contributed by atoms with Crippen molar-refractivity contribution in [1.29, 1.82) is 0 Å². The SMILES string of the molecule is CCCCNC(=O)Nc1ccc(C#CCN)cc1C. The molecule has 1 rings (SSSR count). The zero-order valence-corrected chi connectivity index (χ0v) is 11.5. The standard InChI is InChI=1S/C15H21N3O/c1-3-4-10-17-15(19)18-14-8-7-13(6-5-9-16)11-12(14)2/h7-8,11H,3-4,9-10,16H2,1-2H3,(H2,17,18,19). The lowest BCUT2D eigenvalue weighted by atomic mass is 10.1. The van der Waals surface area contributed by atoms with E-state index in [-0.39, 0.29) is 6.03 Å². The Balaban J connectivity index is 2.62. The zero-order chi connectivity index (χ0) is 14.1. The molecule has 1 aromatic rings. The summed E-state index contributed by atoms with van der Waals surface area (Å²) in [6.07, 6.45) is 2.05. The number of benzene rings is 1. The van der Waals surface area contributed by atoms with Gasteiger partial charge in [0, 0.05) is 17.8 Å². The molecule has 0 heterocycles. The minimum atomic E-state index is -0.169. The summed E-state index contributed by atoms with van der Waals surface area (Å²) in [7, 11) is 0. The number of carbonyl (C=O) groups is 1. The van der Waals surface area contributed by atoms with Gasteiger partial charge in [0.25, 0.3) is 0 Å². The van der Waals surface area contributed by atoms with Crippen LogP contribution in [0.2, 0.25) is 0 Å². The smallest absolute Gasteiger partial charge is 0.319 e. The number of hydrogen-bond acceptors (Lipinski definition) is 2. The van der Waals surface area contributed by atoms with Crippen molar-refractivity contribution in [3.63, 3.8) is 0 Å². The first-order valence-corrected chi connectivity index (χ1v) is 6.51. The van der Waals surface area contributed by atoms with Crippen molar-refractivity contribution >= 4 is 11.7 Å². The maximum atomic E-state index is 11.6. The Morgan fingerprint density at radius 2 is 2.21 bits per heavy atom. The van der Waals surface area contributed by atoms with Crippen molar-refractivity contribution in [3.8, 4) is 11.8 Å². The summed E-state index contributed by atoms with van der Waals surface area (Å²) < 4.78 is 0. The first kappa shape index (κ1) is 15.1. The van der Waals surface area contributed by atoms with E-state index in [2.05, 4.69) is 29.4 Å². The van der Waals surface area contributed by atoms with E-state index in [1.807, 2.05) is 25.1 Å². The van der Waals surface area contributed by atoms with Gasteiger partial charge in [-0.15, -0.1) is 0 Å². The summed E-state index contributed by atoms with van der Waals surface area (Å²) in [5.74, 6) is 5.77. The number of hydrogen-bond donors (Lipinski definition) is 3. The molecule has 0 aliphatic rings. The van der Waals surface area contributed by atoms with E-state index in [4.69, 9.17) is 5.73 Å². The molecule has 4 N–H and O–H groups in total. The molecular formula is C15H21N3O. The van der Waals surface area contributed by atoms with Gasteiger partial charge in [0.1, 0.15) is 0 Å². The summed E-state index contributed by atoms with van der Waals surface area (Å²) in [6, 6.07) is 5.49. The van der Waals surface area contributed by atoms with Gasteiger partial charge < -0.3 is 16.4 Å². The lowest BCUT2D eigenvalue weighted by Crippen LogP contribution is -2.29. The van der Waals surface area contributed by atoms with Crippen molar-refractivity contribution in [2.75, 3.05) is 18.4 Å². The van der Waals surface area contributed by atoms with E-state index in [1.54, 1.807) is 0 Å². The second-order valence-electron chi connectivity index (χ2n) is 4.27. The molecule has 2 amide bonds. The molecule has 0 radical (unpaired) electrons. The fraction of sp³-hybridized carbons (Fsp3) is 0.400. The second kappa shape index (κ2) is 8.17. The second-order valence-corrected chi connectivity index (χ2v) is 4.27. The van der Waals surface area contributed by atoms with E-state index in [9.17, 15) is 4.79 Å². The maximum Gasteiger partial charge on any atom is 0.319 e. The molecule has 0 aliphatic carbocycles. The molecule has 19 heavy (non-hydrogen) atoms. The molecule has 0 fully saturated rings. The van der Waals surface area contributed by atoms with E-state index in [0.29, 0.717) is 13.1 Å². The Labute approximate surface area is 114 Å². The fourth-order valence-corrected chi connectivity index (χ4v) is 1.58. The van der Waals surface area contributed by atoms with Crippen LogP contribution in [0.15, 0.2) is 18.2 Å². The van der Waals surface area contributed by atoms with Crippen LogP contribution in [0.5, 0.6) is 0 Å². The van der Waals surface area contributed by atoms with Crippen LogP contribution >= 0.6 is 0 Å². The molecular weight excluding hydrogens is 238 g/mol. The summed E-state index contributed by atoms with van der Waals surface area (Å²) in [5.41, 5.74) is 8.01. The van der Waals surface area contributed by atoms with Crippen LogP contribution in [0.1, 0.15) is 30.9 Å². The van der Waals surface area contributed by atoms with Gasteiger partial charge in [0.15, 0.2) is 0 Å². The molecule has 0 aromatic heterocycles. The number of rotatable bonds is 4. The molecule has 102 valence electrons. The van der Waals surface area contributed by atoms with Crippen LogP contribution in [-0.2, 0) is 0 Å². The van der Waals surface area contributed by atoms with Crippen LogP contribution in [0.3, 0.4) is 0 Å². The molecule has 1 aromatic carbocycles. The summed E-state index contributed by atoms with van der Waals surface area (Å²) >= 11 is 0. The van der Waals surface area contributed by atoms with Crippen LogP contribution in [-0.4, -0.2) is 19.1 Å². The summed E-state index contributed by atoms with van der Waals surface area (Å²) in [6.45, 7) is 5.07. The van der Waals surface area contributed by atoms with Gasteiger partial charge in [-0.3, -0.25) is 0 Å². The first-order chi connectivity index (χ1) is 9.17. The number of anilines is 1. The lowest BCUT2D eigenvalue weighted by molar-refractivity contribution is 0.252. The Hall–Kier alpha value is -1.99. The van der Waals surface area contributed by atoms with E-state index >= 15 is 0 Å². The molecule has 0 saturated carbocycles. The van der Waals surface area contributed by atoms with Crippen molar-refractivity contribution in [2.24, 2.45) is 5.73 Å². The van der Waals surface area contributed by atoms with Crippen molar-refractivity contribution in [2.45, 2.75) is 26.7 Å². The lowest BCUT2D eigenvalue weighted by Gasteiger charge is -2.09. The van der Waals surface area contributed by atoms with E-state index < -0.39 is 0 Å². The Bertz CT molecular complexity index is 486. The van der Waals surface area contributed by atoms with Crippen LogP contribution in [0.25, 0.3) is 0 Å². The quantitative estimate of drug-likeness (QED) is 0.573. The number of nitrogens with two attached hydrogens (primary N) is 1. The van der Waals surface area contributed by atoms with Gasteiger partial charge in [-0.05, 0) is 37.1 Å². The highest BCUT2D eigenvalue weighted by molar-refractivity contribution is 5.90. The van der Waals surface area contributed by atoms with E-state index in [0.717, 1.165) is 29.7 Å². The highest BCUT2D eigenvalue weighted by Crippen LogP contribution is 2.15. The highest BCUT2D eigenvalue weighted by Gasteiger charge is 2.03. The third-order valence-corrected chi connectivity index (χ3v) is 2.63. The third-order valence-electron chi connectivity index (χ3n) is 2.63. The molecule has 0 atom stereocenters. The van der Waals surface area contributed by atoms with Gasteiger partial charge in [0.2, 0.25) is 0 Å². The average Bonchev–Trinajstić information content (AvgIpc) is 2.39. The average molecular weight is 259 g/mol. The fourth-order valence-electron chi connectivity index (χ4n) is 1.58. The van der Waals surface area contributed by atoms with Gasteiger partial charge in [-0.1, -0.05) is 25.2 Å². The monoisotopic (exact) mass is 259 g/mol. The van der Waals surface area contributed by atoms with Crippen LogP contribution in [0.4, 0.5) is 10.5 Å². The molecule has 4 nitrogen and oxygen atoms in total. The highest BCUT2D eigenvalue weighted by atomic mass is 16.2. The summed E-state index contributed by atoms with van der Waals surface area (Å²) in [5, 5.41) is 5.64. The maximum absolute atomic E-state index is 11.6. The van der Waals surface area contributed by atoms with Gasteiger partial charge in [-0.2, -0.15) is 0 Å². The molecule has 0 unspecified atom stereocenters. The number of urea groups is 1. The number of nitrogens with one attached hydrogen (secondary N) is 2. The van der Waals surface area contributed by atoms with Crippen LogP contribution < -0.4 is 16.4 Å². The molecule has 4 heteroatoms. The number of amides is 2. The molecule has 0 aliphatic heterocycles. The Kier molecular flexibility index (Phi) is 6.48. The van der Waals surface area contributed by atoms with Gasteiger partial charge in [-0.25, -0.2) is 4.79 Å². The van der Waals surface area contributed by atoms with Crippen molar-refractivity contribution < 1.29 is 4.79 Å². The molecule has 0 saturated heterocycles. The predicted octanol–water partition coefficient (Wildman–Crippen LogP) is 2.23. The van der Waals surface area contributed by atoms with E-state index in [1.165, 1.54) is 0 Å². The largest absolute Gasteiger partial charge is 0.338 e. The first-order valence-electron chi connectivity index (χ1n) is 6.51. The third kappa shape index (κ3) is 5.45.